The zero-order valence-corrected chi connectivity index (χ0v) is 31.4. The van der Waals surface area contributed by atoms with Crippen molar-refractivity contribution in [2.45, 2.75) is 19.3 Å². The van der Waals surface area contributed by atoms with Gasteiger partial charge in [0.15, 0.2) is 0 Å². The minimum absolute atomic E-state index is 0.238. The van der Waals surface area contributed by atoms with Crippen molar-refractivity contribution >= 4 is 54.3 Å². The summed E-state index contributed by atoms with van der Waals surface area (Å²) in [6, 6.07) is 70.7. The lowest BCUT2D eigenvalue weighted by Gasteiger charge is -2.24. The van der Waals surface area contributed by atoms with E-state index in [1.807, 2.05) is 0 Å². The molecule has 9 aromatic carbocycles. The predicted molar refractivity (Wildman–Crippen MR) is 238 cm³/mol. The average Bonchev–Trinajstić information content (AvgIpc) is 3.74. The summed E-state index contributed by atoms with van der Waals surface area (Å²) in [7, 11) is 0. The highest BCUT2D eigenvalue weighted by molar-refractivity contribution is 6.24. The van der Waals surface area contributed by atoms with Gasteiger partial charge in [0.1, 0.15) is 11.2 Å². The van der Waals surface area contributed by atoms with Crippen molar-refractivity contribution in [3.63, 3.8) is 0 Å². The van der Waals surface area contributed by atoms with Gasteiger partial charge in [-0.3, -0.25) is 0 Å². The van der Waals surface area contributed by atoms with E-state index in [0.717, 1.165) is 11.2 Å². The molecule has 0 saturated carbocycles. The van der Waals surface area contributed by atoms with Gasteiger partial charge in [-0.2, -0.15) is 0 Å². The monoisotopic (exact) mass is 714 g/mol. The molecular weight excluding hydrogens is 677 g/mol. The summed E-state index contributed by atoms with van der Waals surface area (Å²) in [6.07, 6.45) is 0. The van der Waals surface area contributed by atoms with Gasteiger partial charge in [-0.1, -0.05) is 184 Å². The molecule has 10 aromatic rings. The fourth-order valence-corrected chi connectivity index (χ4v) is 9.43. The number of fused-ring (bicyclic) bond motifs is 12. The molecule has 0 fully saturated rings. The van der Waals surface area contributed by atoms with Crippen LogP contribution in [0.4, 0.5) is 0 Å². The maximum absolute atomic E-state index is 6.65. The molecule has 0 bridgehead atoms. The van der Waals surface area contributed by atoms with Crippen LogP contribution in [0.5, 0.6) is 0 Å². The second kappa shape index (κ2) is 12.5. The van der Waals surface area contributed by atoms with Crippen LogP contribution in [0.1, 0.15) is 25.0 Å². The van der Waals surface area contributed by atoms with E-state index < -0.39 is 0 Å². The fraction of sp³-hybridized carbons (Fsp3) is 0.0545. The van der Waals surface area contributed by atoms with Gasteiger partial charge in [0, 0.05) is 21.6 Å². The largest absolute Gasteiger partial charge is 0.455 e. The highest BCUT2D eigenvalue weighted by atomic mass is 16.3. The van der Waals surface area contributed by atoms with Gasteiger partial charge in [-0.05, 0) is 107 Å². The van der Waals surface area contributed by atoms with Gasteiger partial charge in [-0.25, -0.2) is 0 Å². The van der Waals surface area contributed by atoms with E-state index in [2.05, 4.69) is 208 Å². The van der Waals surface area contributed by atoms with E-state index in [1.54, 1.807) is 0 Å². The van der Waals surface area contributed by atoms with Crippen LogP contribution in [0, 0.1) is 0 Å². The van der Waals surface area contributed by atoms with Gasteiger partial charge < -0.3 is 4.42 Å². The van der Waals surface area contributed by atoms with Gasteiger partial charge >= 0.3 is 0 Å². The lowest BCUT2D eigenvalue weighted by atomic mass is 9.79. The normalized spacial score (nSPS) is 13.0. The molecule has 0 atom stereocenters. The molecule has 264 valence electrons. The molecule has 1 aromatic heterocycles. The molecule has 0 N–H and O–H groups in total. The fourth-order valence-electron chi connectivity index (χ4n) is 9.43. The zero-order chi connectivity index (χ0) is 37.4. The summed E-state index contributed by atoms with van der Waals surface area (Å²) >= 11 is 0. The lowest BCUT2D eigenvalue weighted by molar-refractivity contribution is 0.664. The van der Waals surface area contributed by atoms with Gasteiger partial charge in [-0.15, -0.1) is 0 Å². The topological polar surface area (TPSA) is 13.1 Å². The second-order valence-electron chi connectivity index (χ2n) is 15.6. The van der Waals surface area contributed by atoms with E-state index in [1.165, 1.54) is 98.7 Å². The Morgan fingerprint density at radius 2 is 0.893 bits per heavy atom. The molecule has 0 radical (unpaired) electrons. The van der Waals surface area contributed by atoms with E-state index in [0.29, 0.717) is 0 Å². The summed E-state index contributed by atoms with van der Waals surface area (Å²) in [5.74, 6) is 0. The van der Waals surface area contributed by atoms with Crippen molar-refractivity contribution in [3.8, 4) is 44.5 Å². The molecule has 0 spiro atoms. The smallest absolute Gasteiger partial charge is 0.143 e. The molecule has 0 amide bonds. The van der Waals surface area contributed by atoms with Crippen molar-refractivity contribution < 1.29 is 4.42 Å². The predicted octanol–water partition coefficient (Wildman–Crippen LogP) is 15.5. The summed E-state index contributed by atoms with van der Waals surface area (Å²) in [6.45, 7) is 4.79. The highest BCUT2D eigenvalue weighted by Gasteiger charge is 2.39. The van der Waals surface area contributed by atoms with Crippen LogP contribution >= 0.6 is 0 Å². The number of hydrogen-bond acceptors (Lipinski definition) is 1. The zero-order valence-electron chi connectivity index (χ0n) is 31.4. The summed E-state index contributed by atoms with van der Waals surface area (Å²) in [4.78, 5) is 0. The average molecular weight is 715 g/mol. The van der Waals surface area contributed by atoms with Crippen LogP contribution in [-0.4, -0.2) is 0 Å². The molecule has 1 heteroatoms. The molecule has 56 heavy (non-hydrogen) atoms. The van der Waals surface area contributed by atoms with E-state index in [4.69, 9.17) is 4.42 Å². The van der Waals surface area contributed by atoms with Crippen molar-refractivity contribution in [2.75, 3.05) is 0 Å². The summed E-state index contributed by atoms with van der Waals surface area (Å²) in [5, 5.41) is 9.70. The number of rotatable bonds is 3. The molecule has 1 aliphatic rings. The van der Waals surface area contributed by atoms with E-state index in [-0.39, 0.29) is 5.41 Å². The Morgan fingerprint density at radius 1 is 0.375 bits per heavy atom. The minimum Gasteiger partial charge on any atom is -0.455 e. The van der Waals surface area contributed by atoms with Crippen LogP contribution in [-0.2, 0) is 5.41 Å². The molecule has 0 saturated heterocycles. The van der Waals surface area contributed by atoms with Crippen molar-refractivity contribution in [3.05, 3.63) is 205 Å². The molecule has 0 unspecified atom stereocenters. The van der Waals surface area contributed by atoms with Gasteiger partial charge in [0.25, 0.3) is 0 Å². The molecule has 1 nitrogen and oxygen atoms in total. The first-order valence-electron chi connectivity index (χ1n) is 19.5. The Kier molecular flexibility index (Phi) is 7.28. The van der Waals surface area contributed by atoms with Crippen LogP contribution < -0.4 is 0 Å². The number of benzene rings is 8. The third kappa shape index (κ3) is 4.94. The van der Waals surface area contributed by atoms with Crippen LogP contribution in [0.15, 0.2) is 199 Å². The van der Waals surface area contributed by atoms with Crippen LogP contribution in [0.25, 0.3) is 98.8 Å². The maximum atomic E-state index is 6.65. The lowest BCUT2D eigenvalue weighted by Crippen LogP contribution is -2.15. The van der Waals surface area contributed by atoms with E-state index in [9.17, 15) is 0 Å². The third-order valence-corrected chi connectivity index (χ3v) is 12.1. The molecule has 0 aliphatic heterocycles. The maximum Gasteiger partial charge on any atom is 0.143 e. The SMILES string of the molecule is CC1(C)c2cc(-c3ccccccc(-c4ccc5cc(-c6ccccc6)ccc5c4)c4ccccc34)ccc2-c2c1c1ccccc1c1oc3ccccc3c21. The van der Waals surface area contributed by atoms with Crippen molar-refractivity contribution in [1.29, 1.82) is 0 Å². The Balaban J connectivity index is 1.12. The first-order valence-corrected chi connectivity index (χ1v) is 19.5. The number of hydrogen-bond donors (Lipinski definition) is 0. The Bertz CT molecular complexity index is 3270. The van der Waals surface area contributed by atoms with Gasteiger partial charge in [0.2, 0.25) is 0 Å². The van der Waals surface area contributed by atoms with Gasteiger partial charge in [0.05, 0.1) is 0 Å². The molecular formula is C55H38O. The highest BCUT2D eigenvalue weighted by Crippen LogP contribution is 2.57. The van der Waals surface area contributed by atoms with E-state index >= 15 is 0 Å². The molecule has 1 heterocycles. The summed E-state index contributed by atoms with van der Waals surface area (Å²) < 4.78 is 6.65. The molecule has 1 aliphatic carbocycles. The Hall–Kier alpha value is -6.96. The quantitative estimate of drug-likeness (QED) is 0.178. The van der Waals surface area contributed by atoms with Crippen LogP contribution in [0.2, 0.25) is 0 Å². The first-order chi connectivity index (χ1) is 27.5. The third-order valence-electron chi connectivity index (χ3n) is 12.1. The molecule has 11 rings (SSSR count). The van der Waals surface area contributed by atoms with Crippen molar-refractivity contribution in [1.82, 2.24) is 0 Å². The van der Waals surface area contributed by atoms with Crippen LogP contribution in [0.3, 0.4) is 0 Å². The Labute approximate surface area is 326 Å². The number of furan rings is 1. The Morgan fingerprint density at radius 3 is 1.61 bits per heavy atom. The number of para-hydroxylation sites is 1. The minimum atomic E-state index is -0.238. The standard InChI is InChI=1S/C55H38O/c1-55(2)49-34-40(30-31-47(49)51-52-48-24-14-15-25-50(48)56-54(52)46-23-13-12-22-45(46)53(51)55)42-19-9-4-3-8-18-41(43-20-10-11-21-44(42)43)39-29-28-37-32-36(26-27-38(37)33-39)35-16-6-5-7-17-35/h3-34H,1-2H3. The van der Waals surface area contributed by atoms with Crippen molar-refractivity contribution in [2.24, 2.45) is 0 Å². The first kappa shape index (κ1) is 32.5. The summed E-state index contributed by atoms with van der Waals surface area (Å²) in [5.41, 5.74) is 14.2. The second-order valence-corrected chi connectivity index (χ2v) is 15.6.